The van der Waals surface area contributed by atoms with Gasteiger partial charge in [0.1, 0.15) is 6.10 Å². The molecule has 0 aliphatic rings. The van der Waals surface area contributed by atoms with Crippen LogP contribution in [0.3, 0.4) is 0 Å². The second-order valence-electron chi connectivity index (χ2n) is 1.96. The average molecular weight is 152 g/mol. The van der Waals surface area contributed by atoms with Crippen LogP contribution < -0.4 is 0 Å². The summed E-state index contributed by atoms with van der Waals surface area (Å²) in [6, 6.07) is 0. The molecule has 0 saturated heterocycles. The van der Waals surface area contributed by atoms with E-state index in [1.54, 1.807) is 6.08 Å². The molecule has 0 fully saturated rings. The predicted molar refractivity (Wildman–Crippen MR) is 44.1 cm³/mol. The average Bonchev–Trinajstić information content (AvgIpc) is 2.03. The van der Waals surface area contributed by atoms with Crippen LogP contribution in [0.4, 0.5) is 0 Å². The molecule has 0 spiro atoms. The van der Waals surface area contributed by atoms with Gasteiger partial charge in [0, 0.05) is 6.08 Å². The number of rotatable bonds is 4. The van der Waals surface area contributed by atoms with Crippen molar-refractivity contribution in [1.29, 1.82) is 0 Å². The molecular weight excluding hydrogens is 140 g/mol. The van der Waals surface area contributed by atoms with E-state index >= 15 is 0 Å². The van der Waals surface area contributed by atoms with E-state index in [1.807, 2.05) is 6.92 Å². The number of carbonyl (C=O) groups excluding carboxylic acids is 1. The van der Waals surface area contributed by atoms with Crippen molar-refractivity contribution in [2.24, 2.45) is 0 Å². The Morgan fingerprint density at radius 2 is 2.45 bits per heavy atom. The first-order chi connectivity index (χ1) is 5.24. The Bertz CT molecular complexity index is 188. The van der Waals surface area contributed by atoms with Crippen LogP contribution in [-0.4, -0.2) is 12.1 Å². The minimum atomic E-state index is -0.414. The monoisotopic (exact) mass is 152 g/mol. The maximum Gasteiger partial charge on any atom is 0.330 e. The maximum atomic E-state index is 10.6. The van der Waals surface area contributed by atoms with E-state index in [9.17, 15) is 4.79 Å². The quantitative estimate of drug-likeness (QED) is 0.349. The van der Waals surface area contributed by atoms with Crippen molar-refractivity contribution >= 4 is 5.97 Å². The zero-order valence-corrected chi connectivity index (χ0v) is 6.67. The summed E-state index contributed by atoms with van der Waals surface area (Å²) >= 11 is 0. The molecule has 2 heteroatoms. The van der Waals surface area contributed by atoms with Gasteiger partial charge in [0.2, 0.25) is 0 Å². The topological polar surface area (TPSA) is 26.3 Å². The number of hydrogen-bond donors (Lipinski definition) is 0. The van der Waals surface area contributed by atoms with Crippen LogP contribution in [0, 0.1) is 0 Å². The maximum absolute atomic E-state index is 10.6. The fraction of sp³-hybridized carbons (Fsp3) is 0.333. The van der Waals surface area contributed by atoms with Crippen LogP contribution in [0.1, 0.15) is 13.3 Å². The van der Waals surface area contributed by atoms with Crippen LogP contribution in [0.15, 0.2) is 31.0 Å². The number of carbonyl (C=O) groups is 1. The number of hydrogen-bond acceptors (Lipinski definition) is 2. The lowest BCUT2D eigenvalue weighted by atomic mass is 10.3. The van der Waals surface area contributed by atoms with Gasteiger partial charge in [-0.05, 0) is 12.5 Å². The fourth-order valence-electron chi connectivity index (χ4n) is 0.564. The second kappa shape index (κ2) is 5.51. The second-order valence-corrected chi connectivity index (χ2v) is 1.96. The highest BCUT2D eigenvalue weighted by atomic mass is 16.5. The summed E-state index contributed by atoms with van der Waals surface area (Å²) in [7, 11) is 0. The first-order valence-corrected chi connectivity index (χ1v) is 3.43. The van der Waals surface area contributed by atoms with Gasteiger partial charge >= 0.3 is 5.97 Å². The summed E-state index contributed by atoms with van der Waals surface area (Å²) in [4.78, 5) is 10.6. The van der Waals surface area contributed by atoms with Gasteiger partial charge in [0.05, 0.1) is 0 Å². The van der Waals surface area contributed by atoms with Crippen molar-refractivity contribution in [3.05, 3.63) is 31.0 Å². The highest BCUT2D eigenvalue weighted by Crippen LogP contribution is 1.99. The Morgan fingerprint density at radius 3 is 2.82 bits per heavy atom. The van der Waals surface area contributed by atoms with Gasteiger partial charge in [0.25, 0.3) is 0 Å². The molecule has 0 rings (SSSR count). The summed E-state index contributed by atoms with van der Waals surface area (Å²) in [5.74, 6) is -0.414. The fourth-order valence-corrected chi connectivity index (χ4v) is 0.564. The summed E-state index contributed by atoms with van der Waals surface area (Å²) in [6.07, 6.45) is 3.25. The van der Waals surface area contributed by atoms with Crippen molar-refractivity contribution in [3.8, 4) is 0 Å². The van der Waals surface area contributed by atoms with E-state index in [0.29, 0.717) is 0 Å². The van der Waals surface area contributed by atoms with Crippen LogP contribution >= 0.6 is 0 Å². The van der Waals surface area contributed by atoms with Crippen molar-refractivity contribution in [2.75, 3.05) is 0 Å². The number of esters is 1. The van der Waals surface area contributed by atoms with Gasteiger partial charge in [-0.3, -0.25) is 0 Å². The predicted octanol–water partition coefficient (Wildman–Crippen LogP) is 1.84. The Balaban J connectivity index is 3.96. The van der Waals surface area contributed by atoms with E-state index < -0.39 is 5.97 Å². The molecule has 0 amide bonds. The SMILES string of the molecule is C=C=CC(CC)OC(=O)C=C. The molecule has 0 aromatic carbocycles. The highest BCUT2D eigenvalue weighted by Gasteiger charge is 2.04. The molecule has 0 heterocycles. The standard InChI is InChI=1S/C9H12O2/c1-4-7-8(5-2)11-9(10)6-3/h6-8H,1,3,5H2,2H3. The molecular formula is C9H12O2. The summed E-state index contributed by atoms with van der Waals surface area (Å²) in [6.45, 7) is 8.58. The van der Waals surface area contributed by atoms with Crippen molar-refractivity contribution in [2.45, 2.75) is 19.4 Å². The Hall–Kier alpha value is -1.27. The summed E-state index contributed by atoms with van der Waals surface area (Å²) in [5.41, 5.74) is 2.56. The van der Waals surface area contributed by atoms with Crippen molar-refractivity contribution in [3.63, 3.8) is 0 Å². The zero-order chi connectivity index (χ0) is 8.69. The molecule has 0 saturated carbocycles. The zero-order valence-electron chi connectivity index (χ0n) is 6.67. The highest BCUT2D eigenvalue weighted by molar-refractivity contribution is 5.81. The van der Waals surface area contributed by atoms with E-state index in [2.05, 4.69) is 18.9 Å². The largest absolute Gasteiger partial charge is 0.454 e. The minimum absolute atomic E-state index is 0.224. The molecule has 60 valence electrons. The molecule has 0 N–H and O–H groups in total. The first kappa shape index (κ1) is 9.73. The van der Waals surface area contributed by atoms with E-state index in [1.165, 1.54) is 0 Å². The lowest BCUT2D eigenvalue weighted by Gasteiger charge is -2.08. The van der Waals surface area contributed by atoms with Crippen LogP contribution in [0.25, 0.3) is 0 Å². The molecule has 0 aromatic heterocycles. The summed E-state index contributed by atoms with van der Waals surface area (Å²) in [5, 5.41) is 0. The third kappa shape index (κ3) is 4.18. The number of ether oxygens (including phenoxy) is 1. The molecule has 0 aliphatic carbocycles. The molecule has 11 heavy (non-hydrogen) atoms. The van der Waals surface area contributed by atoms with Crippen molar-refractivity contribution < 1.29 is 9.53 Å². The Kier molecular flexibility index (Phi) is 4.87. The van der Waals surface area contributed by atoms with Gasteiger partial charge < -0.3 is 4.74 Å². The van der Waals surface area contributed by atoms with E-state index in [0.717, 1.165) is 12.5 Å². The van der Waals surface area contributed by atoms with Crippen LogP contribution in [-0.2, 0) is 9.53 Å². The molecule has 0 aliphatic heterocycles. The molecule has 0 radical (unpaired) electrons. The lowest BCUT2D eigenvalue weighted by Crippen LogP contribution is -2.12. The normalized spacial score (nSPS) is 11.0. The van der Waals surface area contributed by atoms with Crippen molar-refractivity contribution in [1.82, 2.24) is 0 Å². The molecule has 0 aromatic rings. The smallest absolute Gasteiger partial charge is 0.330 e. The van der Waals surface area contributed by atoms with Gasteiger partial charge in [-0.15, -0.1) is 5.73 Å². The Morgan fingerprint density at radius 1 is 1.82 bits per heavy atom. The third-order valence-corrected chi connectivity index (χ3v) is 1.14. The van der Waals surface area contributed by atoms with Gasteiger partial charge in [0.15, 0.2) is 0 Å². The minimum Gasteiger partial charge on any atom is -0.454 e. The molecule has 2 nitrogen and oxygen atoms in total. The summed E-state index contributed by atoms with van der Waals surface area (Å²) < 4.78 is 4.87. The molecule has 0 bridgehead atoms. The molecule has 1 atom stereocenters. The van der Waals surface area contributed by atoms with E-state index in [-0.39, 0.29) is 6.10 Å². The van der Waals surface area contributed by atoms with Crippen LogP contribution in [0.2, 0.25) is 0 Å². The lowest BCUT2D eigenvalue weighted by molar-refractivity contribution is -0.140. The van der Waals surface area contributed by atoms with Gasteiger partial charge in [-0.1, -0.05) is 20.1 Å². The third-order valence-electron chi connectivity index (χ3n) is 1.14. The van der Waals surface area contributed by atoms with E-state index in [4.69, 9.17) is 4.74 Å². The Labute approximate surface area is 66.9 Å². The first-order valence-electron chi connectivity index (χ1n) is 3.43. The molecule has 1 unspecified atom stereocenters. The van der Waals surface area contributed by atoms with Gasteiger partial charge in [-0.2, -0.15) is 0 Å². The van der Waals surface area contributed by atoms with Crippen LogP contribution in [0.5, 0.6) is 0 Å². The van der Waals surface area contributed by atoms with Gasteiger partial charge in [-0.25, -0.2) is 4.79 Å².